The van der Waals surface area contributed by atoms with Gasteiger partial charge in [-0.2, -0.15) is 0 Å². The van der Waals surface area contributed by atoms with Crippen LogP contribution in [0.1, 0.15) is 16.7 Å². The molecule has 3 aromatic rings. The third kappa shape index (κ3) is 3.84. The lowest BCUT2D eigenvalue weighted by atomic mass is 9.96. The molecule has 7 heteroatoms. The molecule has 0 radical (unpaired) electrons. The van der Waals surface area contributed by atoms with Crippen molar-refractivity contribution in [3.63, 3.8) is 0 Å². The van der Waals surface area contributed by atoms with Crippen LogP contribution in [-0.4, -0.2) is 10.8 Å². The number of nitrogens with one attached hydrogen (secondary N) is 3. The van der Waals surface area contributed by atoms with Crippen molar-refractivity contribution in [1.29, 1.82) is 0 Å². The normalized spacial score (nSPS) is 12.8. The molecule has 1 aliphatic rings. The van der Waals surface area contributed by atoms with Gasteiger partial charge in [0.1, 0.15) is 0 Å². The van der Waals surface area contributed by atoms with E-state index in [0.717, 1.165) is 34.2 Å². The van der Waals surface area contributed by atoms with Crippen LogP contribution in [0.4, 0.5) is 5.69 Å². The van der Waals surface area contributed by atoms with Gasteiger partial charge in [0.25, 0.3) is 5.69 Å². The van der Waals surface area contributed by atoms with Crippen LogP contribution in [0.5, 0.6) is 0 Å². The van der Waals surface area contributed by atoms with Crippen molar-refractivity contribution in [2.75, 3.05) is 0 Å². The number of hydrogen-bond acceptors (Lipinski definition) is 6. The third-order valence-corrected chi connectivity index (χ3v) is 4.68. The molecule has 0 spiro atoms. The molecule has 0 atom stereocenters. The summed E-state index contributed by atoms with van der Waals surface area (Å²) in [6.45, 7) is 0. The molecule has 0 amide bonds. The van der Waals surface area contributed by atoms with Gasteiger partial charge in [0.2, 0.25) is 0 Å². The maximum Gasteiger partial charge on any atom is 0.272 e. The van der Waals surface area contributed by atoms with Gasteiger partial charge in [0.15, 0.2) is 5.84 Å². The van der Waals surface area contributed by atoms with Crippen LogP contribution in [0.3, 0.4) is 0 Å². The zero-order valence-electron chi connectivity index (χ0n) is 15.1. The van der Waals surface area contributed by atoms with Crippen LogP contribution in [0, 0.1) is 10.1 Å². The molecule has 0 unspecified atom stereocenters. The predicted octanol–water partition coefficient (Wildman–Crippen LogP) is 3.32. The first kappa shape index (κ1) is 17.7. The summed E-state index contributed by atoms with van der Waals surface area (Å²) in [6.07, 6.45) is 1.36. The number of nitro benzene ring substituents is 1. The average Bonchev–Trinajstić information content (AvgIpc) is 3.28. The van der Waals surface area contributed by atoms with Gasteiger partial charge < -0.3 is 0 Å². The molecule has 7 nitrogen and oxygen atoms in total. The fraction of sp³-hybridized carbons (Fsp3) is 0.0952. The lowest BCUT2D eigenvalue weighted by Crippen LogP contribution is -2.35. The Morgan fingerprint density at radius 2 is 1.64 bits per heavy atom. The summed E-state index contributed by atoms with van der Waals surface area (Å²) in [6, 6.07) is 23.2. The van der Waals surface area contributed by atoms with E-state index < -0.39 is 0 Å². The first-order valence-electron chi connectivity index (χ1n) is 8.96. The number of benzene rings is 3. The summed E-state index contributed by atoms with van der Waals surface area (Å²) in [5.74, 6) is 0.688. The lowest BCUT2D eigenvalue weighted by Gasteiger charge is -2.09. The molecular weight excluding hydrogens is 354 g/mol. The highest BCUT2D eigenvalue weighted by Crippen LogP contribution is 2.28. The predicted molar refractivity (Wildman–Crippen MR) is 108 cm³/mol. The molecule has 4 rings (SSSR count). The first-order valence-corrected chi connectivity index (χ1v) is 8.96. The highest BCUT2D eigenvalue weighted by molar-refractivity contribution is 5.99. The standard InChI is InChI=1S/C21H19N5O2/c27-26(28)20-12-11-17(13-18(20)10-9-15-5-2-1-3-6-15)16-7-4-8-19(14-16)21-22-24-25-23-21/h1-8,11-14,24-25H,9-10H2,(H,22,23). The van der Waals surface area contributed by atoms with E-state index in [1.807, 2.05) is 60.7 Å². The number of amidine groups is 1. The molecule has 140 valence electrons. The Balaban J connectivity index is 1.65. The molecule has 28 heavy (non-hydrogen) atoms. The Labute approximate surface area is 162 Å². The van der Waals surface area contributed by atoms with E-state index in [2.05, 4.69) is 21.6 Å². The van der Waals surface area contributed by atoms with Crippen LogP contribution < -0.4 is 16.5 Å². The Hall–Kier alpha value is -3.71. The Morgan fingerprint density at radius 3 is 2.39 bits per heavy atom. The minimum atomic E-state index is -0.310. The Morgan fingerprint density at radius 1 is 0.857 bits per heavy atom. The van der Waals surface area contributed by atoms with Crippen LogP contribution in [0.25, 0.3) is 11.1 Å². The quantitative estimate of drug-likeness (QED) is 0.455. The summed E-state index contributed by atoms with van der Waals surface area (Å²) in [5.41, 5.74) is 13.2. The minimum absolute atomic E-state index is 0.158. The maximum absolute atomic E-state index is 11.5. The van der Waals surface area contributed by atoms with Crippen molar-refractivity contribution in [3.05, 3.63) is 99.6 Å². The largest absolute Gasteiger partial charge is 0.285 e. The van der Waals surface area contributed by atoms with Crippen LogP contribution >= 0.6 is 0 Å². The van der Waals surface area contributed by atoms with Gasteiger partial charge in [-0.15, -0.1) is 10.6 Å². The number of hydrogen-bond donors (Lipinski definition) is 3. The topological polar surface area (TPSA) is 91.6 Å². The van der Waals surface area contributed by atoms with Crippen molar-refractivity contribution in [2.45, 2.75) is 12.8 Å². The van der Waals surface area contributed by atoms with Gasteiger partial charge in [0.05, 0.1) is 4.92 Å². The third-order valence-electron chi connectivity index (χ3n) is 4.68. The molecule has 0 saturated carbocycles. The van der Waals surface area contributed by atoms with Crippen molar-refractivity contribution in [2.24, 2.45) is 5.10 Å². The highest BCUT2D eigenvalue weighted by atomic mass is 16.6. The second-order valence-corrected chi connectivity index (χ2v) is 6.49. The zero-order valence-corrected chi connectivity index (χ0v) is 15.1. The molecule has 1 aliphatic heterocycles. The number of rotatable bonds is 6. The molecule has 3 aromatic carbocycles. The van der Waals surface area contributed by atoms with Crippen molar-refractivity contribution in [3.8, 4) is 11.1 Å². The molecule has 0 saturated heterocycles. The maximum atomic E-state index is 11.5. The summed E-state index contributed by atoms with van der Waals surface area (Å²) in [7, 11) is 0. The smallest absolute Gasteiger partial charge is 0.272 e. The second kappa shape index (κ2) is 7.89. The van der Waals surface area contributed by atoms with Gasteiger partial charge >= 0.3 is 0 Å². The summed E-state index contributed by atoms with van der Waals surface area (Å²) < 4.78 is 0. The minimum Gasteiger partial charge on any atom is -0.285 e. The number of nitro groups is 1. The molecular formula is C21H19N5O2. The van der Waals surface area contributed by atoms with E-state index in [4.69, 9.17) is 0 Å². The molecule has 1 heterocycles. The monoisotopic (exact) mass is 373 g/mol. The fourth-order valence-corrected chi connectivity index (χ4v) is 3.25. The van der Waals surface area contributed by atoms with Crippen molar-refractivity contribution in [1.82, 2.24) is 16.5 Å². The summed E-state index contributed by atoms with van der Waals surface area (Å²) in [5, 5.41) is 15.6. The van der Waals surface area contributed by atoms with E-state index in [0.29, 0.717) is 12.3 Å². The summed E-state index contributed by atoms with van der Waals surface area (Å²) >= 11 is 0. The van der Waals surface area contributed by atoms with Gasteiger partial charge in [-0.1, -0.05) is 48.5 Å². The van der Waals surface area contributed by atoms with Gasteiger partial charge in [-0.3, -0.25) is 15.5 Å². The number of hydrazone groups is 1. The molecule has 0 aliphatic carbocycles. The van der Waals surface area contributed by atoms with E-state index in [1.165, 1.54) is 0 Å². The first-order chi connectivity index (χ1) is 13.7. The Kier molecular flexibility index (Phi) is 4.99. The van der Waals surface area contributed by atoms with Crippen LogP contribution in [-0.2, 0) is 12.8 Å². The van der Waals surface area contributed by atoms with Crippen LogP contribution in [0.2, 0.25) is 0 Å². The molecule has 0 bridgehead atoms. The SMILES string of the molecule is O=[N+]([O-])c1ccc(-c2cccc(C3=NNNN3)c2)cc1CCc1ccccc1. The van der Waals surface area contributed by atoms with E-state index in [1.54, 1.807) is 12.1 Å². The molecule has 0 fully saturated rings. The van der Waals surface area contributed by atoms with Gasteiger partial charge in [0, 0.05) is 17.2 Å². The van der Waals surface area contributed by atoms with Crippen LogP contribution in [0.15, 0.2) is 77.9 Å². The molecule has 3 N–H and O–H groups in total. The number of hydrazine groups is 2. The van der Waals surface area contributed by atoms with E-state index in [-0.39, 0.29) is 10.6 Å². The number of aryl methyl sites for hydroxylation is 2. The van der Waals surface area contributed by atoms with Gasteiger partial charge in [-0.05, 0) is 47.7 Å². The van der Waals surface area contributed by atoms with E-state index >= 15 is 0 Å². The molecule has 0 aromatic heterocycles. The summed E-state index contributed by atoms with van der Waals surface area (Å²) in [4.78, 5) is 11.2. The lowest BCUT2D eigenvalue weighted by molar-refractivity contribution is -0.385. The Bertz CT molecular complexity index is 1030. The second-order valence-electron chi connectivity index (χ2n) is 6.49. The highest BCUT2D eigenvalue weighted by Gasteiger charge is 2.15. The fourth-order valence-electron chi connectivity index (χ4n) is 3.25. The number of nitrogens with zero attached hydrogens (tertiary/aromatic N) is 2. The van der Waals surface area contributed by atoms with Crippen molar-refractivity contribution >= 4 is 11.5 Å². The van der Waals surface area contributed by atoms with E-state index in [9.17, 15) is 10.1 Å². The zero-order chi connectivity index (χ0) is 19.3. The average molecular weight is 373 g/mol. The van der Waals surface area contributed by atoms with Crippen molar-refractivity contribution < 1.29 is 4.92 Å². The van der Waals surface area contributed by atoms with Gasteiger partial charge in [-0.25, -0.2) is 5.53 Å².